The van der Waals surface area contributed by atoms with Gasteiger partial charge in [0.1, 0.15) is 12.4 Å². The van der Waals surface area contributed by atoms with Gasteiger partial charge < -0.3 is 4.74 Å². The molecule has 1 aromatic heterocycles. The average molecular weight is 394 g/mol. The Morgan fingerprint density at radius 2 is 1.86 bits per heavy atom. The van der Waals surface area contributed by atoms with Gasteiger partial charge in [0, 0.05) is 13.0 Å². The normalized spacial score (nSPS) is 12.6. The van der Waals surface area contributed by atoms with Crippen molar-refractivity contribution in [1.82, 2.24) is 9.55 Å². The lowest BCUT2D eigenvalue weighted by Crippen LogP contribution is -2.25. The van der Waals surface area contributed by atoms with Crippen molar-refractivity contribution in [2.45, 2.75) is 32.9 Å². The number of hydrogen-bond donors (Lipinski definition) is 0. The maximum absolute atomic E-state index is 12.7. The van der Waals surface area contributed by atoms with E-state index in [0.29, 0.717) is 31.0 Å². The van der Waals surface area contributed by atoms with Gasteiger partial charge in [-0.3, -0.25) is 9.36 Å². The van der Waals surface area contributed by atoms with E-state index in [9.17, 15) is 4.79 Å². The highest BCUT2D eigenvalue weighted by molar-refractivity contribution is 6.28. The van der Waals surface area contributed by atoms with Gasteiger partial charge in [-0.15, -0.1) is 0 Å². The smallest absolute Gasteiger partial charge is 0.260 e. The summed E-state index contributed by atoms with van der Waals surface area (Å²) in [5.74, 6) is 1.22. The largest absolute Gasteiger partial charge is 0.489 e. The van der Waals surface area contributed by atoms with Crippen LogP contribution in [0, 0.1) is 0 Å². The fourth-order valence-corrected chi connectivity index (χ4v) is 3.45. The zero-order valence-corrected chi connectivity index (χ0v) is 16.3. The number of benzene rings is 2. The molecule has 0 unspecified atom stereocenters. The van der Waals surface area contributed by atoms with E-state index in [-0.39, 0.29) is 10.8 Å². The lowest BCUT2D eigenvalue weighted by Gasteiger charge is -2.08. The van der Waals surface area contributed by atoms with E-state index in [1.165, 1.54) is 4.57 Å². The molecule has 0 saturated carbocycles. The molecule has 0 fully saturated rings. The maximum Gasteiger partial charge on any atom is 0.260 e. The number of fused-ring (bicyclic) bond motifs is 1. The van der Waals surface area contributed by atoms with E-state index in [2.05, 4.69) is 9.98 Å². The Labute approximate surface area is 168 Å². The predicted octanol–water partition coefficient (Wildman–Crippen LogP) is 4.56. The van der Waals surface area contributed by atoms with Gasteiger partial charge in [0.05, 0.1) is 11.3 Å². The molecule has 142 valence electrons. The topological polar surface area (TPSA) is 56.5 Å². The van der Waals surface area contributed by atoms with E-state index in [0.717, 1.165) is 29.0 Å². The van der Waals surface area contributed by atoms with Crippen LogP contribution in [0.3, 0.4) is 0 Å². The van der Waals surface area contributed by atoms with Crippen molar-refractivity contribution in [1.29, 1.82) is 0 Å². The molecular weight excluding hydrogens is 374 g/mol. The van der Waals surface area contributed by atoms with Crippen LogP contribution in [0.1, 0.15) is 30.0 Å². The minimum Gasteiger partial charge on any atom is -0.489 e. The molecule has 0 bridgehead atoms. The Morgan fingerprint density at radius 1 is 1.11 bits per heavy atom. The summed E-state index contributed by atoms with van der Waals surface area (Å²) in [6.45, 7) is 3.08. The molecule has 0 atom stereocenters. The number of halogens is 1. The van der Waals surface area contributed by atoms with Gasteiger partial charge in [-0.25, -0.2) is 4.99 Å². The molecule has 2 heterocycles. The van der Waals surface area contributed by atoms with Gasteiger partial charge in [-0.2, -0.15) is 4.98 Å². The van der Waals surface area contributed by atoms with Crippen LogP contribution in [-0.4, -0.2) is 15.3 Å². The molecule has 1 aliphatic heterocycles. The van der Waals surface area contributed by atoms with Crippen LogP contribution < -0.4 is 10.3 Å². The quantitative estimate of drug-likeness (QED) is 0.577. The van der Waals surface area contributed by atoms with E-state index in [4.69, 9.17) is 16.3 Å². The third-order valence-electron chi connectivity index (χ3n) is 4.66. The molecule has 1 aliphatic rings. The zero-order chi connectivity index (χ0) is 19.5. The molecule has 0 saturated heterocycles. The van der Waals surface area contributed by atoms with E-state index in [1.807, 2.05) is 61.5 Å². The van der Waals surface area contributed by atoms with Crippen LogP contribution in [0.5, 0.6) is 5.75 Å². The molecule has 6 heteroatoms. The van der Waals surface area contributed by atoms with E-state index < -0.39 is 0 Å². The lowest BCUT2D eigenvalue weighted by molar-refractivity contribution is 0.306. The highest BCUT2D eigenvalue weighted by Crippen LogP contribution is 2.26. The second-order valence-electron chi connectivity index (χ2n) is 6.67. The summed E-state index contributed by atoms with van der Waals surface area (Å²) in [7, 11) is 0. The summed E-state index contributed by atoms with van der Waals surface area (Å²) in [4.78, 5) is 21.5. The first kappa shape index (κ1) is 18.4. The van der Waals surface area contributed by atoms with Crippen molar-refractivity contribution in [3.8, 4) is 5.75 Å². The van der Waals surface area contributed by atoms with Gasteiger partial charge in [0.15, 0.2) is 5.82 Å². The van der Waals surface area contributed by atoms with E-state index in [1.54, 1.807) is 0 Å². The van der Waals surface area contributed by atoms with Gasteiger partial charge in [-0.1, -0.05) is 37.3 Å². The summed E-state index contributed by atoms with van der Waals surface area (Å²) in [6, 6.07) is 17.8. The van der Waals surface area contributed by atoms with Crippen LogP contribution in [0.15, 0.2) is 64.4 Å². The highest BCUT2D eigenvalue weighted by Gasteiger charge is 2.23. The second kappa shape index (κ2) is 7.98. The van der Waals surface area contributed by atoms with Gasteiger partial charge in [-0.05, 0) is 53.4 Å². The van der Waals surface area contributed by atoms with Crippen molar-refractivity contribution in [2.75, 3.05) is 0 Å². The molecule has 28 heavy (non-hydrogen) atoms. The van der Waals surface area contributed by atoms with E-state index >= 15 is 0 Å². The van der Waals surface area contributed by atoms with Crippen LogP contribution in [0.4, 0.5) is 5.82 Å². The summed E-state index contributed by atoms with van der Waals surface area (Å²) in [6.07, 6.45) is 1.28. The molecule has 0 amide bonds. The molecular formula is C22H20ClN3O2. The van der Waals surface area contributed by atoms with Crippen molar-refractivity contribution >= 4 is 23.1 Å². The summed E-state index contributed by atoms with van der Waals surface area (Å²) in [5.41, 5.74) is 3.39. The number of nitrogens with zero attached hydrogens (tertiary/aromatic N) is 3. The standard InChI is InChI=1S/C22H20ClN3O2/c1-2-12-26-21(27)18-13-19(24-20(18)25-22(26)23)16-8-10-17(11-9-16)28-14-15-6-4-3-5-7-15/h3-11H,2,12-14H2,1H3. The molecule has 4 rings (SSSR count). The molecule has 0 spiro atoms. The molecule has 0 N–H and O–H groups in total. The molecule has 3 aromatic rings. The van der Waals surface area contributed by atoms with Crippen molar-refractivity contribution < 1.29 is 4.74 Å². The highest BCUT2D eigenvalue weighted by atomic mass is 35.5. The third-order valence-corrected chi connectivity index (χ3v) is 4.95. The van der Waals surface area contributed by atoms with Gasteiger partial charge in [0.25, 0.3) is 5.56 Å². The summed E-state index contributed by atoms with van der Waals surface area (Å²) < 4.78 is 7.34. The van der Waals surface area contributed by atoms with Crippen molar-refractivity contribution in [3.63, 3.8) is 0 Å². The average Bonchev–Trinajstić information content (AvgIpc) is 3.15. The molecule has 0 aliphatic carbocycles. The third kappa shape index (κ3) is 3.71. The Bertz CT molecular complexity index is 1070. The number of rotatable bonds is 6. The fourth-order valence-electron chi connectivity index (χ4n) is 3.21. The predicted molar refractivity (Wildman–Crippen MR) is 111 cm³/mol. The monoisotopic (exact) mass is 393 g/mol. The maximum atomic E-state index is 12.7. The first-order chi connectivity index (χ1) is 13.7. The molecule has 2 aromatic carbocycles. The summed E-state index contributed by atoms with van der Waals surface area (Å²) in [5, 5.41) is 0.195. The van der Waals surface area contributed by atoms with Crippen LogP contribution in [0.25, 0.3) is 0 Å². The van der Waals surface area contributed by atoms with Gasteiger partial charge in [0.2, 0.25) is 5.28 Å². The fraction of sp³-hybridized carbons (Fsp3) is 0.227. The first-order valence-corrected chi connectivity index (χ1v) is 9.67. The molecule has 5 nitrogen and oxygen atoms in total. The van der Waals surface area contributed by atoms with Crippen LogP contribution >= 0.6 is 11.6 Å². The number of aromatic nitrogens is 2. The van der Waals surface area contributed by atoms with Crippen molar-refractivity contribution in [3.05, 3.63) is 86.9 Å². The second-order valence-corrected chi connectivity index (χ2v) is 7.01. The Morgan fingerprint density at radius 3 is 2.57 bits per heavy atom. The number of hydrogen-bond acceptors (Lipinski definition) is 4. The Hall–Kier alpha value is -2.92. The minimum atomic E-state index is -0.0987. The Kier molecular flexibility index (Phi) is 5.26. The Balaban J connectivity index is 1.50. The van der Waals surface area contributed by atoms with Gasteiger partial charge >= 0.3 is 0 Å². The lowest BCUT2D eigenvalue weighted by atomic mass is 10.1. The minimum absolute atomic E-state index is 0.0987. The SMILES string of the molecule is CCCn1c(Cl)nc2c(c1=O)CC(c1ccc(OCc3ccccc3)cc1)=N2. The summed E-state index contributed by atoms with van der Waals surface area (Å²) >= 11 is 6.16. The number of ether oxygens (including phenoxy) is 1. The first-order valence-electron chi connectivity index (χ1n) is 9.29. The van der Waals surface area contributed by atoms with Crippen LogP contribution in [0.2, 0.25) is 5.28 Å². The molecule has 0 radical (unpaired) electrons. The number of aliphatic imine (C=N–C) groups is 1. The van der Waals surface area contributed by atoms with Crippen LogP contribution in [-0.2, 0) is 19.6 Å². The van der Waals surface area contributed by atoms with Crippen molar-refractivity contribution in [2.24, 2.45) is 4.99 Å². The zero-order valence-electron chi connectivity index (χ0n) is 15.6.